The summed E-state index contributed by atoms with van der Waals surface area (Å²) in [7, 11) is 0. The summed E-state index contributed by atoms with van der Waals surface area (Å²) in [5.41, 5.74) is 2.75. The van der Waals surface area contributed by atoms with Crippen LogP contribution in [0.25, 0.3) is 5.76 Å². The van der Waals surface area contributed by atoms with Gasteiger partial charge in [-0.05, 0) is 81.3 Å². The van der Waals surface area contributed by atoms with Gasteiger partial charge in [-0.3, -0.25) is 14.5 Å². The number of Topliss-reactive ketones (excluding diaryl/α,β-unsaturated/α-hetero) is 1. The van der Waals surface area contributed by atoms with Crippen molar-refractivity contribution >= 4 is 23.1 Å². The maximum atomic E-state index is 13.2. The summed E-state index contributed by atoms with van der Waals surface area (Å²) in [5.74, 6) is 0.0405. The summed E-state index contributed by atoms with van der Waals surface area (Å²) >= 11 is 0. The molecule has 32 heavy (non-hydrogen) atoms. The van der Waals surface area contributed by atoms with Gasteiger partial charge in [-0.15, -0.1) is 0 Å². The molecule has 1 aromatic heterocycles. The van der Waals surface area contributed by atoms with E-state index in [0.29, 0.717) is 35.1 Å². The van der Waals surface area contributed by atoms with Crippen LogP contribution in [0.2, 0.25) is 0 Å². The number of anilines is 1. The number of furan rings is 1. The van der Waals surface area contributed by atoms with Crippen molar-refractivity contribution < 1.29 is 23.8 Å². The highest BCUT2D eigenvalue weighted by Gasteiger charge is 2.48. The molecule has 1 amide bonds. The molecule has 6 heteroatoms. The molecule has 0 saturated carbocycles. The molecule has 2 heterocycles. The monoisotopic (exact) mass is 431 g/mol. The molecule has 1 fully saturated rings. The third-order valence-electron chi connectivity index (χ3n) is 5.50. The standard InChI is InChI=1S/C26H25NO5/c1-5-31-20-12-10-18(14-16(20)3)24(28)22-23(21-11-9-17(4)32-21)27(26(30)25(22)29)19-8-6-7-15(2)13-19/h6-14,23,28H,5H2,1-4H3/b24-22-. The SMILES string of the molecule is CCOc1ccc(/C(O)=C2/C(=O)C(=O)N(c3cccc(C)c3)C2c2ccc(C)o2)cc1C. The van der Waals surface area contributed by atoms with Gasteiger partial charge in [0.25, 0.3) is 11.7 Å². The first kappa shape index (κ1) is 21.4. The van der Waals surface area contributed by atoms with E-state index in [9.17, 15) is 14.7 Å². The Hall–Kier alpha value is -3.80. The lowest BCUT2D eigenvalue weighted by Gasteiger charge is -2.23. The van der Waals surface area contributed by atoms with E-state index in [1.165, 1.54) is 4.90 Å². The van der Waals surface area contributed by atoms with Crippen LogP contribution in [0.4, 0.5) is 5.69 Å². The molecule has 1 N–H and O–H groups in total. The van der Waals surface area contributed by atoms with Crippen molar-refractivity contribution in [1.82, 2.24) is 0 Å². The number of carbonyl (C=O) groups excluding carboxylic acids is 2. The number of ketones is 1. The molecule has 0 radical (unpaired) electrons. The Bertz CT molecular complexity index is 1240. The Morgan fingerprint density at radius 2 is 1.84 bits per heavy atom. The van der Waals surface area contributed by atoms with Gasteiger partial charge in [0, 0.05) is 11.3 Å². The van der Waals surface area contributed by atoms with E-state index >= 15 is 0 Å². The largest absolute Gasteiger partial charge is 0.507 e. The van der Waals surface area contributed by atoms with Gasteiger partial charge in [0.05, 0.1) is 12.2 Å². The van der Waals surface area contributed by atoms with E-state index < -0.39 is 17.7 Å². The number of amides is 1. The fourth-order valence-electron chi connectivity index (χ4n) is 4.02. The molecular formula is C26H25NO5. The minimum Gasteiger partial charge on any atom is -0.507 e. The fraction of sp³-hybridized carbons (Fsp3) is 0.231. The second-order valence-corrected chi connectivity index (χ2v) is 7.87. The smallest absolute Gasteiger partial charge is 0.300 e. The number of carbonyl (C=O) groups is 2. The molecule has 1 aliphatic rings. The van der Waals surface area contributed by atoms with Gasteiger partial charge in [0.15, 0.2) is 0 Å². The predicted molar refractivity (Wildman–Crippen MR) is 122 cm³/mol. The molecule has 1 atom stereocenters. The van der Waals surface area contributed by atoms with Crippen molar-refractivity contribution in [2.75, 3.05) is 11.5 Å². The molecule has 6 nitrogen and oxygen atoms in total. The number of benzene rings is 2. The quantitative estimate of drug-likeness (QED) is 0.340. The summed E-state index contributed by atoms with van der Waals surface area (Å²) in [6.45, 7) is 7.98. The van der Waals surface area contributed by atoms with Crippen LogP contribution in [-0.2, 0) is 9.59 Å². The number of hydrogen-bond acceptors (Lipinski definition) is 5. The molecular weight excluding hydrogens is 406 g/mol. The van der Waals surface area contributed by atoms with Crippen molar-refractivity contribution in [3.8, 4) is 5.75 Å². The van der Waals surface area contributed by atoms with Crippen LogP contribution in [0.15, 0.2) is 64.6 Å². The topological polar surface area (TPSA) is 80.0 Å². The normalized spacial score (nSPS) is 17.8. The number of nitrogens with zero attached hydrogens (tertiary/aromatic N) is 1. The van der Waals surface area contributed by atoms with Crippen LogP contribution in [0.3, 0.4) is 0 Å². The van der Waals surface area contributed by atoms with Crippen LogP contribution in [0, 0.1) is 20.8 Å². The molecule has 0 aliphatic carbocycles. The van der Waals surface area contributed by atoms with Crippen molar-refractivity contribution in [3.05, 3.63) is 88.4 Å². The first-order chi connectivity index (χ1) is 15.3. The minimum atomic E-state index is -0.877. The predicted octanol–water partition coefficient (Wildman–Crippen LogP) is 5.23. The van der Waals surface area contributed by atoms with E-state index in [4.69, 9.17) is 9.15 Å². The highest BCUT2D eigenvalue weighted by Crippen LogP contribution is 2.43. The third kappa shape index (κ3) is 3.68. The lowest BCUT2D eigenvalue weighted by molar-refractivity contribution is -0.132. The van der Waals surface area contributed by atoms with Crippen LogP contribution in [0.5, 0.6) is 5.75 Å². The Morgan fingerprint density at radius 3 is 2.47 bits per heavy atom. The van der Waals surface area contributed by atoms with Crippen LogP contribution >= 0.6 is 0 Å². The number of aryl methyl sites for hydroxylation is 3. The van der Waals surface area contributed by atoms with Gasteiger partial charge in [0.2, 0.25) is 0 Å². The molecule has 4 rings (SSSR count). The van der Waals surface area contributed by atoms with E-state index in [-0.39, 0.29) is 11.3 Å². The van der Waals surface area contributed by atoms with E-state index in [2.05, 4.69) is 0 Å². The van der Waals surface area contributed by atoms with E-state index in [1.807, 2.05) is 39.0 Å². The average Bonchev–Trinajstić information content (AvgIpc) is 3.30. The molecule has 1 saturated heterocycles. The number of hydrogen-bond donors (Lipinski definition) is 1. The van der Waals surface area contributed by atoms with Gasteiger partial charge in [-0.1, -0.05) is 12.1 Å². The summed E-state index contributed by atoms with van der Waals surface area (Å²) < 4.78 is 11.4. The molecule has 0 bridgehead atoms. The Morgan fingerprint density at radius 1 is 1.06 bits per heavy atom. The molecule has 1 unspecified atom stereocenters. The molecule has 164 valence electrons. The van der Waals surface area contributed by atoms with Crippen molar-refractivity contribution in [1.29, 1.82) is 0 Å². The number of rotatable bonds is 5. The fourth-order valence-corrected chi connectivity index (χ4v) is 4.02. The van der Waals surface area contributed by atoms with Crippen molar-refractivity contribution in [3.63, 3.8) is 0 Å². The molecule has 3 aromatic rings. The van der Waals surface area contributed by atoms with Crippen molar-refractivity contribution in [2.24, 2.45) is 0 Å². The van der Waals surface area contributed by atoms with Gasteiger partial charge < -0.3 is 14.3 Å². The maximum Gasteiger partial charge on any atom is 0.300 e. The number of aliphatic hydroxyl groups excluding tert-OH is 1. The lowest BCUT2D eigenvalue weighted by Crippen LogP contribution is -2.29. The average molecular weight is 431 g/mol. The zero-order valence-electron chi connectivity index (χ0n) is 18.5. The van der Waals surface area contributed by atoms with Crippen LogP contribution in [0.1, 0.15) is 41.2 Å². The van der Waals surface area contributed by atoms with Crippen LogP contribution in [-0.4, -0.2) is 23.4 Å². The van der Waals surface area contributed by atoms with E-state index in [0.717, 1.165) is 11.1 Å². The van der Waals surface area contributed by atoms with Gasteiger partial charge in [-0.25, -0.2) is 0 Å². The number of ether oxygens (including phenoxy) is 1. The van der Waals surface area contributed by atoms with Gasteiger partial charge >= 0.3 is 0 Å². The first-order valence-electron chi connectivity index (χ1n) is 10.5. The molecule has 1 aliphatic heterocycles. The zero-order valence-corrected chi connectivity index (χ0v) is 18.5. The highest BCUT2D eigenvalue weighted by atomic mass is 16.5. The Labute approximate surface area is 186 Å². The second kappa shape index (κ2) is 8.38. The third-order valence-corrected chi connectivity index (χ3v) is 5.50. The van der Waals surface area contributed by atoms with E-state index in [1.54, 1.807) is 43.3 Å². The second-order valence-electron chi connectivity index (χ2n) is 7.87. The summed E-state index contributed by atoms with van der Waals surface area (Å²) in [6.07, 6.45) is 0. The Balaban J connectivity index is 1.90. The van der Waals surface area contributed by atoms with Crippen LogP contribution < -0.4 is 9.64 Å². The Kier molecular flexibility index (Phi) is 5.61. The summed E-state index contributed by atoms with van der Waals surface area (Å²) in [5, 5.41) is 11.2. The number of aliphatic hydroxyl groups is 1. The highest BCUT2D eigenvalue weighted by molar-refractivity contribution is 6.51. The summed E-state index contributed by atoms with van der Waals surface area (Å²) in [4.78, 5) is 27.7. The lowest BCUT2D eigenvalue weighted by atomic mass is 9.98. The van der Waals surface area contributed by atoms with Crippen molar-refractivity contribution in [2.45, 2.75) is 33.7 Å². The van der Waals surface area contributed by atoms with Gasteiger partial charge in [0.1, 0.15) is 29.1 Å². The van der Waals surface area contributed by atoms with Gasteiger partial charge in [-0.2, -0.15) is 0 Å². The first-order valence-corrected chi connectivity index (χ1v) is 10.5. The zero-order chi connectivity index (χ0) is 23.0. The minimum absolute atomic E-state index is 0.00517. The molecule has 0 spiro atoms. The molecule has 2 aromatic carbocycles. The maximum absolute atomic E-state index is 13.2. The summed E-state index contributed by atoms with van der Waals surface area (Å²) in [6, 6.07) is 15.1.